The van der Waals surface area contributed by atoms with E-state index in [-0.39, 0.29) is 17.3 Å². The van der Waals surface area contributed by atoms with Crippen LogP contribution >= 0.6 is 0 Å². The Hall–Kier alpha value is -1.21. The molecule has 0 N–H and O–H groups in total. The summed E-state index contributed by atoms with van der Waals surface area (Å²) in [5.41, 5.74) is 0.312. The van der Waals surface area contributed by atoms with E-state index in [9.17, 15) is 4.79 Å². The van der Waals surface area contributed by atoms with Crippen molar-refractivity contribution in [2.24, 2.45) is 46.3 Å². The van der Waals surface area contributed by atoms with Crippen LogP contribution in [0.25, 0.3) is 0 Å². The molecular weight excluding hydrogens is 292 g/mol. The molecule has 4 fully saturated rings. The Bertz CT molecular complexity index is 633. The van der Waals surface area contributed by atoms with Crippen molar-refractivity contribution in [3.05, 3.63) is 0 Å². The quantitative estimate of drug-likeness (QED) is 0.590. The van der Waals surface area contributed by atoms with E-state index in [1.807, 2.05) is 0 Å². The number of hydrogen-bond acceptors (Lipinski definition) is 1. The molecule has 0 aromatic rings. The average molecular weight is 322 g/mol. The van der Waals surface area contributed by atoms with Gasteiger partial charge in [0.1, 0.15) is 5.78 Å². The minimum atomic E-state index is -0.0219. The molecule has 4 saturated carbocycles. The molecule has 0 aliphatic heterocycles. The van der Waals surface area contributed by atoms with Crippen molar-refractivity contribution < 1.29 is 4.79 Å². The summed E-state index contributed by atoms with van der Waals surface area (Å²) in [4.78, 5) is 12.5. The minimum Gasteiger partial charge on any atom is -0.299 e. The van der Waals surface area contributed by atoms with Gasteiger partial charge in [0.05, 0.1) is 0 Å². The van der Waals surface area contributed by atoms with Gasteiger partial charge in [-0.3, -0.25) is 4.79 Å². The third-order valence-corrected chi connectivity index (χ3v) is 8.92. The molecule has 0 aromatic carbocycles. The molecule has 0 aromatic heterocycles. The van der Waals surface area contributed by atoms with E-state index >= 15 is 0 Å². The second-order valence-corrected chi connectivity index (χ2v) is 9.49. The molecule has 4 rings (SSSR count). The molecule has 0 bridgehead atoms. The van der Waals surface area contributed by atoms with Gasteiger partial charge in [-0.1, -0.05) is 13.8 Å². The highest BCUT2D eigenvalue weighted by Gasteiger charge is 2.61. The summed E-state index contributed by atoms with van der Waals surface area (Å²) in [6, 6.07) is 0. The Morgan fingerprint density at radius 2 is 1.71 bits per heavy atom. The van der Waals surface area contributed by atoms with Crippen molar-refractivity contribution >= 4 is 5.78 Å². The zero-order valence-electron chi connectivity index (χ0n) is 15.2. The number of terminal acetylenes is 2. The first-order valence-corrected chi connectivity index (χ1v) is 9.91. The predicted octanol–water partition coefficient (Wildman–Crippen LogP) is 4.71. The van der Waals surface area contributed by atoms with Crippen LogP contribution in [0.2, 0.25) is 0 Å². The van der Waals surface area contributed by atoms with Crippen LogP contribution in [0, 0.1) is 71.0 Å². The van der Waals surface area contributed by atoms with Crippen molar-refractivity contribution in [2.75, 3.05) is 0 Å². The van der Waals surface area contributed by atoms with Crippen LogP contribution in [0.15, 0.2) is 0 Å². The Morgan fingerprint density at radius 1 is 0.917 bits per heavy atom. The fourth-order valence-corrected chi connectivity index (χ4v) is 7.56. The summed E-state index contributed by atoms with van der Waals surface area (Å²) in [6.07, 6.45) is 20.8. The topological polar surface area (TPSA) is 17.1 Å². The maximum Gasteiger partial charge on any atom is 0.139 e. The second-order valence-electron chi connectivity index (χ2n) is 9.49. The van der Waals surface area contributed by atoms with Gasteiger partial charge < -0.3 is 0 Å². The average Bonchev–Trinajstić information content (AvgIpc) is 2.88. The molecule has 4 aliphatic carbocycles. The zero-order valence-corrected chi connectivity index (χ0v) is 15.2. The van der Waals surface area contributed by atoms with Gasteiger partial charge in [0, 0.05) is 23.7 Å². The van der Waals surface area contributed by atoms with E-state index < -0.39 is 0 Å². The Kier molecular flexibility index (Phi) is 3.66. The molecule has 1 heteroatoms. The molecule has 0 heterocycles. The highest BCUT2D eigenvalue weighted by Crippen LogP contribution is 2.66. The van der Waals surface area contributed by atoms with Gasteiger partial charge in [-0.15, -0.1) is 24.7 Å². The van der Waals surface area contributed by atoms with Crippen LogP contribution in [-0.2, 0) is 4.79 Å². The lowest BCUT2D eigenvalue weighted by atomic mass is 9.43. The summed E-state index contributed by atoms with van der Waals surface area (Å²) in [5.74, 6) is 9.83. The van der Waals surface area contributed by atoms with Gasteiger partial charge in [0.25, 0.3) is 0 Å². The Morgan fingerprint density at radius 3 is 2.42 bits per heavy atom. The zero-order chi connectivity index (χ0) is 17.1. The number of hydrogen-bond donors (Lipinski definition) is 0. The lowest BCUT2D eigenvalue weighted by Crippen LogP contribution is -2.55. The van der Waals surface area contributed by atoms with Crippen molar-refractivity contribution in [3.63, 3.8) is 0 Å². The number of carbonyl (C=O) groups excluding carboxylic acids is 1. The third-order valence-electron chi connectivity index (χ3n) is 8.92. The van der Waals surface area contributed by atoms with Gasteiger partial charge in [0.15, 0.2) is 0 Å². The first-order chi connectivity index (χ1) is 11.5. The molecule has 3 unspecified atom stereocenters. The van der Waals surface area contributed by atoms with Crippen LogP contribution in [0.3, 0.4) is 0 Å². The number of rotatable bonds is 0. The Labute approximate surface area is 147 Å². The molecule has 24 heavy (non-hydrogen) atoms. The highest BCUT2D eigenvalue weighted by atomic mass is 16.1. The van der Waals surface area contributed by atoms with Gasteiger partial charge in [-0.05, 0) is 74.0 Å². The highest BCUT2D eigenvalue weighted by molar-refractivity contribution is 5.87. The van der Waals surface area contributed by atoms with E-state index in [1.54, 1.807) is 0 Å². The summed E-state index contributed by atoms with van der Waals surface area (Å²) >= 11 is 0. The fourth-order valence-electron chi connectivity index (χ4n) is 7.56. The summed E-state index contributed by atoms with van der Waals surface area (Å²) < 4.78 is 0. The number of ketones is 1. The summed E-state index contributed by atoms with van der Waals surface area (Å²) in [5, 5.41) is 0. The third kappa shape index (κ3) is 1.94. The van der Waals surface area contributed by atoms with Gasteiger partial charge >= 0.3 is 0 Å². The largest absolute Gasteiger partial charge is 0.299 e. The lowest BCUT2D eigenvalue weighted by Gasteiger charge is -2.61. The number of Topliss-reactive ketones (excluding diaryl/α,β-unsaturated/α-hetero) is 1. The predicted molar refractivity (Wildman–Crippen MR) is 96.8 cm³/mol. The molecule has 0 radical (unpaired) electrons. The molecular formula is C23H30O. The molecule has 0 saturated heterocycles. The monoisotopic (exact) mass is 322 g/mol. The normalized spacial score (nSPS) is 53.2. The Balaban J connectivity index is 1.66. The number of fused-ring (bicyclic) bond motifs is 5. The first kappa shape index (κ1) is 16.3. The van der Waals surface area contributed by atoms with Gasteiger partial charge in [0.2, 0.25) is 0 Å². The summed E-state index contributed by atoms with van der Waals surface area (Å²) in [6.45, 7) is 4.77. The SMILES string of the molecule is C#CC1CC[C@@]2(C)C(CC[C@@H]3[C@H]2CC[C@]2(C)C(=O)CC[C@@H]32)C1C#C. The van der Waals surface area contributed by atoms with Gasteiger partial charge in [-0.2, -0.15) is 0 Å². The number of carbonyl (C=O) groups is 1. The van der Waals surface area contributed by atoms with E-state index in [2.05, 4.69) is 25.7 Å². The lowest BCUT2D eigenvalue weighted by molar-refractivity contribution is -0.142. The van der Waals surface area contributed by atoms with Crippen LogP contribution < -0.4 is 0 Å². The maximum absolute atomic E-state index is 12.5. The van der Waals surface area contributed by atoms with E-state index in [1.165, 1.54) is 25.7 Å². The van der Waals surface area contributed by atoms with Crippen molar-refractivity contribution in [3.8, 4) is 24.7 Å². The van der Waals surface area contributed by atoms with Crippen LogP contribution in [0.5, 0.6) is 0 Å². The smallest absolute Gasteiger partial charge is 0.139 e. The van der Waals surface area contributed by atoms with Crippen LogP contribution in [-0.4, -0.2) is 5.78 Å². The van der Waals surface area contributed by atoms with Crippen LogP contribution in [0.1, 0.15) is 65.2 Å². The van der Waals surface area contributed by atoms with Gasteiger partial charge in [-0.25, -0.2) is 0 Å². The summed E-state index contributed by atoms with van der Waals surface area (Å²) in [7, 11) is 0. The minimum absolute atomic E-state index is 0.0219. The molecule has 128 valence electrons. The maximum atomic E-state index is 12.5. The second kappa shape index (κ2) is 5.39. The molecule has 1 nitrogen and oxygen atoms in total. The standard InChI is InChI=1S/C23H30O/c1-5-15-11-13-22(3)18(16(15)6-2)8-7-17-19-9-10-21(24)23(19,4)14-12-20(17)22/h1-2,15-20H,7-14H2,3-4H3/t15?,16?,17-,18?,19-,20+,22-,23-/m0/s1. The molecule has 8 atom stereocenters. The molecule has 4 aliphatic rings. The van der Waals surface area contributed by atoms with Crippen LogP contribution in [0.4, 0.5) is 0 Å². The van der Waals surface area contributed by atoms with Crippen molar-refractivity contribution in [2.45, 2.75) is 65.2 Å². The fraction of sp³-hybridized carbons (Fsp3) is 0.783. The molecule has 0 spiro atoms. The van der Waals surface area contributed by atoms with Crippen molar-refractivity contribution in [1.82, 2.24) is 0 Å². The van der Waals surface area contributed by atoms with E-state index in [0.717, 1.165) is 37.5 Å². The van der Waals surface area contributed by atoms with E-state index in [0.29, 0.717) is 23.0 Å². The van der Waals surface area contributed by atoms with Crippen molar-refractivity contribution in [1.29, 1.82) is 0 Å². The van der Waals surface area contributed by atoms with E-state index in [4.69, 9.17) is 12.8 Å². The first-order valence-electron chi connectivity index (χ1n) is 9.91. The molecule has 0 amide bonds.